The molecule has 7 heteroatoms. The van der Waals surface area contributed by atoms with Gasteiger partial charge < -0.3 is 25.0 Å². The third-order valence-electron chi connectivity index (χ3n) is 4.89. The van der Waals surface area contributed by atoms with Gasteiger partial charge in [0.2, 0.25) is 11.8 Å². The molecular formula is C24H31N3O4. The number of benzene rings is 2. The van der Waals surface area contributed by atoms with Crippen LogP contribution < -0.4 is 20.1 Å². The van der Waals surface area contributed by atoms with E-state index in [4.69, 9.17) is 9.47 Å². The quantitative estimate of drug-likeness (QED) is 0.572. The summed E-state index contributed by atoms with van der Waals surface area (Å²) in [6.45, 7) is 2.08. The number of nitrogens with zero attached hydrogens (tertiary/aromatic N) is 1. The van der Waals surface area contributed by atoms with Crippen LogP contribution in [0.3, 0.4) is 0 Å². The maximum atomic E-state index is 12.5. The molecule has 2 N–H and O–H groups in total. The number of carbonyl (C=O) groups is 2. The zero-order chi connectivity index (χ0) is 22.8. The van der Waals surface area contributed by atoms with Gasteiger partial charge in [-0.15, -0.1) is 0 Å². The van der Waals surface area contributed by atoms with Crippen molar-refractivity contribution in [2.24, 2.45) is 0 Å². The zero-order valence-corrected chi connectivity index (χ0v) is 18.7. The Balaban J connectivity index is 1.87. The van der Waals surface area contributed by atoms with Crippen molar-refractivity contribution in [3.8, 4) is 11.5 Å². The monoisotopic (exact) mass is 425 g/mol. The van der Waals surface area contributed by atoms with E-state index in [0.717, 1.165) is 22.6 Å². The smallest absolute Gasteiger partial charge is 0.244 e. The lowest BCUT2D eigenvalue weighted by Gasteiger charge is -2.26. The average Bonchev–Trinajstić information content (AvgIpc) is 2.78. The van der Waals surface area contributed by atoms with Crippen LogP contribution in [-0.2, 0) is 9.59 Å². The molecule has 2 rings (SSSR count). The summed E-state index contributed by atoms with van der Waals surface area (Å²) >= 11 is 0. The molecule has 0 heterocycles. The fraction of sp³-hybridized carbons (Fsp3) is 0.333. The van der Waals surface area contributed by atoms with Crippen molar-refractivity contribution in [2.45, 2.75) is 19.0 Å². The van der Waals surface area contributed by atoms with Gasteiger partial charge >= 0.3 is 0 Å². The third kappa shape index (κ3) is 7.46. The number of likely N-dealkylation sites (N-methyl/N-ethyl adjacent to an activating group) is 1. The van der Waals surface area contributed by atoms with Crippen molar-refractivity contribution in [1.29, 1.82) is 0 Å². The lowest BCUT2D eigenvalue weighted by Crippen LogP contribution is -2.46. The average molecular weight is 426 g/mol. The van der Waals surface area contributed by atoms with Crippen molar-refractivity contribution in [1.82, 2.24) is 15.5 Å². The first-order chi connectivity index (χ1) is 14.8. The highest BCUT2D eigenvalue weighted by molar-refractivity contribution is 5.95. The molecule has 0 aliphatic rings. The summed E-state index contributed by atoms with van der Waals surface area (Å²) in [5.41, 5.74) is 1.92. The van der Waals surface area contributed by atoms with E-state index in [1.807, 2.05) is 67.5 Å². The largest absolute Gasteiger partial charge is 0.497 e. The maximum absolute atomic E-state index is 12.5. The number of methoxy groups -OCH3 is 2. The molecule has 0 saturated carbocycles. The van der Waals surface area contributed by atoms with Crippen LogP contribution in [0, 0.1) is 0 Å². The number of ether oxygens (including phenoxy) is 2. The van der Waals surface area contributed by atoms with E-state index < -0.39 is 6.04 Å². The Labute approximate surface area is 184 Å². The maximum Gasteiger partial charge on any atom is 0.244 e. The normalized spacial score (nSPS) is 13.0. The molecule has 2 atom stereocenters. The van der Waals surface area contributed by atoms with E-state index in [0.29, 0.717) is 6.54 Å². The van der Waals surface area contributed by atoms with Gasteiger partial charge in [0, 0.05) is 12.6 Å². The minimum atomic E-state index is -0.660. The van der Waals surface area contributed by atoms with Gasteiger partial charge in [-0.2, -0.15) is 0 Å². The zero-order valence-electron chi connectivity index (χ0n) is 18.7. The van der Waals surface area contributed by atoms with Gasteiger partial charge in [0.05, 0.1) is 20.3 Å². The molecule has 166 valence electrons. The lowest BCUT2D eigenvalue weighted by molar-refractivity contribution is -0.126. The Morgan fingerprint density at radius 2 is 1.52 bits per heavy atom. The molecule has 0 spiro atoms. The highest BCUT2D eigenvalue weighted by Crippen LogP contribution is 2.20. The number of hydrogen-bond donors (Lipinski definition) is 2. The van der Waals surface area contributed by atoms with Crippen molar-refractivity contribution in [3.63, 3.8) is 0 Å². The van der Waals surface area contributed by atoms with Crippen LogP contribution in [-0.4, -0.2) is 57.6 Å². The van der Waals surface area contributed by atoms with Crippen molar-refractivity contribution in [3.05, 3.63) is 65.7 Å². The van der Waals surface area contributed by atoms with Gasteiger partial charge in [0.25, 0.3) is 0 Å². The van der Waals surface area contributed by atoms with E-state index in [1.54, 1.807) is 27.2 Å². The molecule has 2 aromatic rings. The summed E-state index contributed by atoms with van der Waals surface area (Å²) < 4.78 is 10.3. The van der Waals surface area contributed by atoms with E-state index in [1.165, 1.54) is 6.08 Å². The predicted octanol–water partition coefficient (Wildman–Crippen LogP) is 2.64. The van der Waals surface area contributed by atoms with Gasteiger partial charge in [0.1, 0.15) is 17.5 Å². The summed E-state index contributed by atoms with van der Waals surface area (Å²) in [5.74, 6) is 0.950. The summed E-state index contributed by atoms with van der Waals surface area (Å²) in [6.07, 6.45) is 3.09. The molecule has 2 unspecified atom stereocenters. The molecule has 0 bridgehead atoms. The fourth-order valence-corrected chi connectivity index (χ4v) is 2.99. The second-order valence-corrected chi connectivity index (χ2v) is 7.33. The predicted molar refractivity (Wildman–Crippen MR) is 122 cm³/mol. The van der Waals surface area contributed by atoms with E-state index in [-0.39, 0.29) is 17.9 Å². The van der Waals surface area contributed by atoms with Gasteiger partial charge in [0.15, 0.2) is 0 Å². The first-order valence-electron chi connectivity index (χ1n) is 10.0. The molecule has 2 amide bonds. The first-order valence-corrected chi connectivity index (χ1v) is 10.0. The minimum absolute atomic E-state index is 0.00674. The Bertz CT molecular complexity index is 877. The second kappa shape index (κ2) is 11.8. The van der Waals surface area contributed by atoms with Crippen LogP contribution in [0.2, 0.25) is 0 Å². The van der Waals surface area contributed by atoms with Crippen LogP contribution in [0.1, 0.15) is 24.1 Å². The van der Waals surface area contributed by atoms with Gasteiger partial charge in [-0.05, 0) is 62.5 Å². The molecule has 0 aromatic heterocycles. The molecule has 7 nitrogen and oxygen atoms in total. The molecular weight excluding hydrogens is 394 g/mol. The Hall–Kier alpha value is -3.32. The summed E-state index contributed by atoms with van der Waals surface area (Å²) in [4.78, 5) is 26.7. The third-order valence-corrected chi connectivity index (χ3v) is 4.89. The Kier molecular flexibility index (Phi) is 9.09. The number of amides is 2. The Morgan fingerprint density at radius 1 is 0.968 bits per heavy atom. The summed E-state index contributed by atoms with van der Waals surface area (Å²) in [7, 11) is 7.13. The second-order valence-electron chi connectivity index (χ2n) is 7.33. The van der Waals surface area contributed by atoms with Crippen molar-refractivity contribution >= 4 is 17.9 Å². The minimum Gasteiger partial charge on any atom is -0.497 e. The molecule has 0 aliphatic heterocycles. The topological polar surface area (TPSA) is 79.9 Å². The summed E-state index contributed by atoms with van der Waals surface area (Å²) in [6, 6.07) is 14.4. The number of nitrogens with one attached hydrogen (secondary N) is 2. The van der Waals surface area contributed by atoms with Crippen molar-refractivity contribution in [2.75, 3.05) is 34.9 Å². The van der Waals surface area contributed by atoms with Crippen molar-refractivity contribution < 1.29 is 19.1 Å². The van der Waals surface area contributed by atoms with Crippen LogP contribution in [0.5, 0.6) is 11.5 Å². The number of hydrogen-bond acceptors (Lipinski definition) is 5. The van der Waals surface area contributed by atoms with E-state index in [9.17, 15) is 9.59 Å². The standard InChI is InChI=1S/C24H31N3O4/c1-17(26-23(28)15-8-18-6-11-20(30-4)12-7-18)24(29)25-16-22(27(2)3)19-9-13-21(31-5)14-10-19/h6-15,17,22H,16H2,1-5H3,(H,25,29)(H,26,28). The number of rotatable bonds is 10. The van der Waals surface area contributed by atoms with E-state index in [2.05, 4.69) is 10.6 Å². The van der Waals surface area contributed by atoms with Crippen LogP contribution in [0.15, 0.2) is 54.6 Å². The first kappa shape index (κ1) is 24.0. The van der Waals surface area contributed by atoms with Crippen LogP contribution in [0.25, 0.3) is 6.08 Å². The fourth-order valence-electron chi connectivity index (χ4n) is 2.99. The molecule has 31 heavy (non-hydrogen) atoms. The summed E-state index contributed by atoms with van der Waals surface area (Å²) in [5, 5.41) is 5.61. The highest BCUT2D eigenvalue weighted by atomic mass is 16.5. The van der Waals surface area contributed by atoms with Gasteiger partial charge in [-0.25, -0.2) is 0 Å². The Morgan fingerprint density at radius 3 is 2.03 bits per heavy atom. The lowest BCUT2D eigenvalue weighted by atomic mass is 10.1. The SMILES string of the molecule is COc1ccc(C=CC(=O)NC(C)C(=O)NCC(c2ccc(OC)cc2)N(C)C)cc1. The van der Waals surface area contributed by atoms with Crippen LogP contribution >= 0.6 is 0 Å². The highest BCUT2D eigenvalue weighted by Gasteiger charge is 2.19. The van der Waals surface area contributed by atoms with Crippen LogP contribution in [0.4, 0.5) is 0 Å². The molecule has 2 aromatic carbocycles. The van der Waals surface area contributed by atoms with Gasteiger partial charge in [-0.3, -0.25) is 9.59 Å². The molecule has 0 aliphatic carbocycles. The molecule has 0 fully saturated rings. The molecule has 0 saturated heterocycles. The number of carbonyl (C=O) groups excluding carboxylic acids is 2. The van der Waals surface area contributed by atoms with E-state index >= 15 is 0 Å². The molecule has 0 radical (unpaired) electrons. The van der Waals surface area contributed by atoms with Gasteiger partial charge in [-0.1, -0.05) is 24.3 Å².